The van der Waals surface area contributed by atoms with E-state index in [9.17, 15) is 4.79 Å². The maximum atomic E-state index is 12.5. The summed E-state index contributed by atoms with van der Waals surface area (Å²) in [6, 6.07) is 7.95. The molecule has 23 heavy (non-hydrogen) atoms. The van der Waals surface area contributed by atoms with E-state index in [0.29, 0.717) is 12.5 Å². The molecule has 2 heterocycles. The maximum Gasteiger partial charge on any atom is 0.251 e. The van der Waals surface area contributed by atoms with Crippen LogP contribution >= 0.6 is 11.8 Å². The molecular formula is C17H22N4OS. The molecule has 2 aromatic rings. The van der Waals surface area contributed by atoms with Crippen LogP contribution in [0.1, 0.15) is 28.3 Å². The number of imidazole rings is 1. The third kappa shape index (κ3) is 3.95. The number of benzene rings is 1. The van der Waals surface area contributed by atoms with Gasteiger partial charge < -0.3 is 15.2 Å². The van der Waals surface area contributed by atoms with Crippen LogP contribution in [0, 0.1) is 0 Å². The molecule has 122 valence electrons. The smallest absolute Gasteiger partial charge is 0.251 e. The van der Waals surface area contributed by atoms with Crippen LogP contribution in [0.4, 0.5) is 0 Å². The minimum Gasteiger partial charge on any atom is -0.351 e. The predicted octanol–water partition coefficient (Wildman–Crippen LogP) is 2.02. The van der Waals surface area contributed by atoms with Crippen LogP contribution < -0.4 is 10.6 Å². The minimum absolute atomic E-state index is 0.0212. The fourth-order valence-electron chi connectivity index (χ4n) is 2.87. The van der Waals surface area contributed by atoms with Crippen molar-refractivity contribution in [2.75, 3.05) is 25.4 Å². The lowest BCUT2D eigenvalue weighted by Crippen LogP contribution is -2.27. The average molecular weight is 330 g/mol. The summed E-state index contributed by atoms with van der Waals surface area (Å²) in [4.78, 5) is 16.8. The van der Waals surface area contributed by atoms with Gasteiger partial charge in [-0.15, -0.1) is 0 Å². The highest BCUT2D eigenvalue weighted by molar-refractivity contribution is 7.99. The summed E-state index contributed by atoms with van der Waals surface area (Å²) in [5.41, 5.74) is 1.97. The fraction of sp³-hybridized carbons (Fsp3) is 0.412. The molecule has 0 saturated carbocycles. The Labute approximate surface area is 140 Å². The molecule has 1 unspecified atom stereocenters. The van der Waals surface area contributed by atoms with Crippen LogP contribution in [0.5, 0.6) is 0 Å². The number of rotatable bonds is 6. The van der Waals surface area contributed by atoms with Gasteiger partial charge in [-0.3, -0.25) is 4.79 Å². The number of hydrogen-bond donors (Lipinski definition) is 2. The van der Waals surface area contributed by atoms with Gasteiger partial charge in [-0.25, -0.2) is 4.98 Å². The highest BCUT2D eigenvalue weighted by Crippen LogP contribution is 2.25. The lowest BCUT2D eigenvalue weighted by Gasteiger charge is -2.14. The Balaban J connectivity index is 1.55. The number of nitrogens with zero attached hydrogens (tertiary/aromatic N) is 2. The highest BCUT2D eigenvalue weighted by Gasteiger charge is 2.21. The zero-order chi connectivity index (χ0) is 16.1. The van der Waals surface area contributed by atoms with Crippen molar-refractivity contribution in [3.05, 3.63) is 47.8 Å². The number of aromatic nitrogens is 2. The molecule has 5 nitrogen and oxygen atoms in total. The van der Waals surface area contributed by atoms with Crippen molar-refractivity contribution in [2.24, 2.45) is 7.05 Å². The van der Waals surface area contributed by atoms with Crippen molar-refractivity contribution in [1.29, 1.82) is 0 Å². The maximum absolute atomic E-state index is 12.5. The molecule has 1 aliphatic rings. The number of carbonyl (C=O) groups is 1. The van der Waals surface area contributed by atoms with Crippen LogP contribution in [0.3, 0.4) is 0 Å². The van der Waals surface area contributed by atoms with E-state index in [4.69, 9.17) is 0 Å². The number of amides is 1. The molecule has 1 atom stereocenters. The number of aryl methyl sites for hydroxylation is 1. The van der Waals surface area contributed by atoms with Gasteiger partial charge in [0.15, 0.2) is 5.16 Å². The molecule has 0 radical (unpaired) electrons. The molecule has 0 aliphatic carbocycles. The van der Waals surface area contributed by atoms with E-state index in [-0.39, 0.29) is 5.91 Å². The Morgan fingerprint density at radius 1 is 1.48 bits per heavy atom. The summed E-state index contributed by atoms with van der Waals surface area (Å²) in [7, 11) is 1.97. The summed E-state index contributed by atoms with van der Waals surface area (Å²) < 4.78 is 1.98. The molecule has 2 N–H and O–H groups in total. The first kappa shape index (κ1) is 16.1. The van der Waals surface area contributed by atoms with Gasteiger partial charge in [0, 0.05) is 43.8 Å². The Hall–Kier alpha value is -1.79. The van der Waals surface area contributed by atoms with Crippen LogP contribution in [0.2, 0.25) is 0 Å². The van der Waals surface area contributed by atoms with Crippen LogP contribution in [-0.2, 0) is 7.05 Å². The van der Waals surface area contributed by atoms with Gasteiger partial charge in [0.1, 0.15) is 0 Å². The molecule has 0 spiro atoms. The molecule has 0 bridgehead atoms. The second-order valence-electron chi connectivity index (χ2n) is 5.70. The molecule has 3 rings (SSSR count). The normalized spacial score (nSPS) is 17.3. The van der Waals surface area contributed by atoms with Gasteiger partial charge in [-0.1, -0.05) is 30.0 Å². The van der Waals surface area contributed by atoms with E-state index in [1.54, 1.807) is 18.0 Å². The summed E-state index contributed by atoms with van der Waals surface area (Å²) in [6.07, 6.45) is 4.80. The largest absolute Gasteiger partial charge is 0.351 e. The Morgan fingerprint density at radius 2 is 2.35 bits per heavy atom. The summed E-state index contributed by atoms with van der Waals surface area (Å²) in [5, 5.41) is 7.36. The Morgan fingerprint density at radius 3 is 3.09 bits per heavy atom. The molecule has 1 amide bonds. The summed E-state index contributed by atoms with van der Waals surface area (Å²) in [5.74, 6) is 1.27. The van der Waals surface area contributed by atoms with Gasteiger partial charge in [-0.2, -0.15) is 0 Å². The van der Waals surface area contributed by atoms with Crippen LogP contribution in [0.15, 0.2) is 41.8 Å². The topological polar surface area (TPSA) is 59.0 Å². The zero-order valence-corrected chi connectivity index (χ0v) is 14.1. The third-order valence-corrected chi connectivity index (χ3v) is 5.16. The molecule has 1 aromatic carbocycles. The minimum atomic E-state index is 0.0212. The number of nitrogens with one attached hydrogen (secondary N) is 2. The monoisotopic (exact) mass is 330 g/mol. The zero-order valence-electron chi connectivity index (χ0n) is 13.3. The Kier molecular flexibility index (Phi) is 5.35. The first-order valence-corrected chi connectivity index (χ1v) is 8.92. The van der Waals surface area contributed by atoms with Gasteiger partial charge in [0.2, 0.25) is 0 Å². The Bertz CT molecular complexity index is 664. The van der Waals surface area contributed by atoms with E-state index in [2.05, 4.69) is 21.7 Å². The van der Waals surface area contributed by atoms with Crippen LogP contribution in [-0.4, -0.2) is 40.8 Å². The molecule has 1 aromatic heterocycles. The molecule has 6 heteroatoms. The summed E-state index contributed by atoms with van der Waals surface area (Å²) in [6.45, 7) is 2.62. The number of thioether (sulfide) groups is 1. The van der Waals surface area contributed by atoms with E-state index in [1.165, 1.54) is 0 Å². The average Bonchev–Trinajstić information content (AvgIpc) is 3.23. The van der Waals surface area contributed by atoms with Gasteiger partial charge >= 0.3 is 0 Å². The van der Waals surface area contributed by atoms with Crippen LogP contribution in [0.25, 0.3) is 0 Å². The molecule has 1 fully saturated rings. The third-order valence-electron chi connectivity index (χ3n) is 4.10. The van der Waals surface area contributed by atoms with Crippen molar-refractivity contribution < 1.29 is 4.79 Å². The van der Waals surface area contributed by atoms with Crippen molar-refractivity contribution in [3.63, 3.8) is 0 Å². The summed E-state index contributed by atoms with van der Waals surface area (Å²) >= 11 is 1.65. The number of hydrogen-bond acceptors (Lipinski definition) is 4. The predicted molar refractivity (Wildman–Crippen MR) is 92.9 cm³/mol. The van der Waals surface area contributed by atoms with E-state index >= 15 is 0 Å². The van der Waals surface area contributed by atoms with Crippen molar-refractivity contribution in [3.8, 4) is 0 Å². The first-order valence-electron chi connectivity index (χ1n) is 7.93. The van der Waals surface area contributed by atoms with E-state index in [1.807, 2.05) is 36.0 Å². The lowest BCUT2D eigenvalue weighted by atomic mass is 9.93. The first-order chi connectivity index (χ1) is 11.3. The molecule has 1 saturated heterocycles. The second-order valence-corrected chi connectivity index (χ2v) is 6.76. The van der Waals surface area contributed by atoms with Gasteiger partial charge in [-0.05, 0) is 30.5 Å². The van der Waals surface area contributed by atoms with E-state index in [0.717, 1.165) is 41.5 Å². The highest BCUT2D eigenvalue weighted by atomic mass is 32.2. The van der Waals surface area contributed by atoms with Crippen molar-refractivity contribution >= 4 is 17.7 Å². The number of carbonyl (C=O) groups excluding carboxylic acids is 1. The molecular weight excluding hydrogens is 308 g/mol. The van der Waals surface area contributed by atoms with Crippen molar-refractivity contribution in [1.82, 2.24) is 20.2 Å². The standard InChI is InChI=1S/C17H22N4OS/c1-21-10-8-20-17(21)23-11-9-19-16(22)15-5-3-2-4-14(15)13-6-7-18-12-13/h2-5,8,10,13,18H,6-7,9,11-12H2,1H3,(H,19,22). The van der Waals surface area contributed by atoms with Gasteiger partial charge in [0.05, 0.1) is 0 Å². The second kappa shape index (κ2) is 7.66. The van der Waals surface area contributed by atoms with Crippen molar-refractivity contribution in [2.45, 2.75) is 17.5 Å². The SMILES string of the molecule is Cn1ccnc1SCCNC(=O)c1ccccc1C1CCNC1. The lowest BCUT2D eigenvalue weighted by molar-refractivity contribution is 0.0955. The molecule has 1 aliphatic heterocycles. The quantitative estimate of drug-likeness (QED) is 0.628. The van der Waals surface area contributed by atoms with E-state index < -0.39 is 0 Å². The van der Waals surface area contributed by atoms with Gasteiger partial charge in [0.25, 0.3) is 5.91 Å². The fourth-order valence-corrected chi connectivity index (χ4v) is 3.66.